The molecular weight excluding hydrogens is 226 g/mol. The molecule has 4 atom stereocenters. The van der Waals surface area contributed by atoms with Crippen molar-refractivity contribution in [3.8, 4) is 0 Å². The zero-order valence-electron chi connectivity index (χ0n) is 12.7. The van der Waals surface area contributed by atoms with Gasteiger partial charge in [-0.05, 0) is 45.1 Å². The number of hydrogen-bond acceptors (Lipinski definition) is 3. The van der Waals surface area contributed by atoms with E-state index in [0.29, 0.717) is 24.3 Å². The summed E-state index contributed by atoms with van der Waals surface area (Å²) in [6.45, 7) is 12.8. The van der Waals surface area contributed by atoms with Crippen LogP contribution in [0.2, 0.25) is 0 Å². The van der Waals surface area contributed by atoms with Crippen LogP contribution in [0.5, 0.6) is 0 Å². The highest BCUT2D eigenvalue weighted by molar-refractivity contribution is 4.85. The van der Waals surface area contributed by atoms with Crippen LogP contribution < -0.4 is 0 Å². The lowest BCUT2D eigenvalue weighted by Crippen LogP contribution is -2.46. The van der Waals surface area contributed by atoms with Gasteiger partial charge in [0.05, 0.1) is 11.7 Å². The Labute approximate surface area is 112 Å². The van der Waals surface area contributed by atoms with E-state index < -0.39 is 5.60 Å². The zero-order valence-corrected chi connectivity index (χ0v) is 12.7. The fourth-order valence-electron chi connectivity index (χ4n) is 3.32. The van der Waals surface area contributed by atoms with Crippen molar-refractivity contribution in [2.45, 2.75) is 59.2 Å². The predicted octanol–water partition coefficient (Wildman–Crippen LogP) is 2.12. The van der Waals surface area contributed by atoms with Crippen molar-refractivity contribution in [2.75, 3.05) is 19.6 Å². The minimum atomic E-state index is -0.661. The predicted molar refractivity (Wildman–Crippen MR) is 75.5 cm³/mol. The molecule has 3 heteroatoms. The number of aliphatic hydroxyl groups is 2. The molecule has 108 valence electrons. The molecule has 4 unspecified atom stereocenters. The minimum Gasteiger partial charge on any atom is -0.393 e. The van der Waals surface area contributed by atoms with Gasteiger partial charge in [0.15, 0.2) is 0 Å². The van der Waals surface area contributed by atoms with Crippen LogP contribution in [0, 0.1) is 17.8 Å². The van der Waals surface area contributed by atoms with E-state index in [2.05, 4.69) is 25.7 Å². The van der Waals surface area contributed by atoms with Gasteiger partial charge in [0.25, 0.3) is 0 Å². The number of nitrogens with zero attached hydrogens (tertiary/aromatic N) is 1. The number of likely N-dealkylation sites (N-methyl/N-ethyl adjacent to an activating group) is 1. The fraction of sp³-hybridized carbons (Fsp3) is 1.00. The second kappa shape index (κ2) is 6.36. The van der Waals surface area contributed by atoms with Crippen molar-refractivity contribution in [1.82, 2.24) is 4.90 Å². The average Bonchev–Trinajstić information content (AvgIpc) is 2.19. The van der Waals surface area contributed by atoms with Gasteiger partial charge in [-0.2, -0.15) is 0 Å². The Morgan fingerprint density at radius 2 is 1.83 bits per heavy atom. The van der Waals surface area contributed by atoms with Crippen molar-refractivity contribution in [1.29, 1.82) is 0 Å². The fourth-order valence-corrected chi connectivity index (χ4v) is 3.32. The summed E-state index contributed by atoms with van der Waals surface area (Å²) in [5.41, 5.74) is -0.661. The molecule has 0 amide bonds. The molecule has 1 rings (SSSR count). The van der Waals surface area contributed by atoms with Crippen molar-refractivity contribution < 1.29 is 10.2 Å². The standard InChI is InChI=1S/C15H31NO2/c1-6-16(10-15(4,5)18)9-13-12(3)7-11(2)8-14(13)17/h11-14,17-18H,6-10H2,1-5H3. The molecule has 3 nitrogen and oxygen atoms in total. The Bertz CT molecular complexity index is 237. The lowest BCUT2D eigenvalue weighted by molar-refractivity contribution is -0.0202. The van der Waals surface area contributed by atoms with Gasteiger partial charge in [-0.3, -0.25) is 0 Å². The monoisotopic (exact) mass is 257 g/mol. The van der Waals surface area contributed by atoms with Gasteiger partial charge in [0, 0.05) is 19.0 Å². The number of hydrogen-bond donors (Lipinski definition) is 2. The van der Waals surface area contributed by atoms with Gasteiger partial charge in [-0.1, -0.05) is 20.8 Å². The Morgan fingerprint density at radius 3 is 2.28 bits per heavy atom. The van der Waals surface area contributed by atoms with E-state index in [1.807, 2.05) is 13.8 Å². The third kappa shape index (κ3) is 4.87. The van der Waals surface area contributed by atoms with E-state index in [4.69, 9.17) is 0 Å². The van der Waals surface area contributed by atoms with Crippen molar-refractivity contribution in [3.63, 3.8) is 0 Å². The first kappa shape index (κ1) is 15.9. The van der Waals surface area contributed by atoms with E-state index in [0.717, 1.165) is 19.5 Å². The molecule has 0 aromatic rings. The molecule has 0 heterocycles. The molecule has 18 heavy (non-hydrogen) atoms. The van der Waals surface area contributed by atoms with Crippen molar-refractivity contribution >= 4 is 0 Å². The summed E-state index contributed by atoms with van der Waals surface area (Å²) in [7, 11) is 0. The van der Waals surface area contributed by atoms with Crippen LogP contribution in [0.3, 0.4) is 0 Å². The highest BCUT2D eigenvalue weighted by Gasteiger charge is 2.34. The Kier molecular flexibility index (Phi) is 5.63. The lowest BCUT2D eigenvalue weighted by atomic mass is 9.73. The summed E-state index contributed by atoms with van der Waals surface area (Å²) in [5.74, 6) is 1.55. The molecule has 2 N–H and O–H groups in total. The van der Waals surface area contributed by atoms with Crippen molar-refractivity contribution in [3.05, 3.63) is 0 Å². The maximum absolute atomic E-state index is 10.3. The SMILES string of the molecule is CCN(CC1C(C)CC(C)CC1O)CC(C)(C)O. The molecule has 0 radical (unpaired) electrons. The largest absolute Gasteiger partial charge is 0.393 e. The molecule has 0 aliphatic heterocycles. The third-order valence-electron chi connectivity index (χ3n) is 4.17. The first-order valence-electron chi connectivity index (χ1n) is 7.35. The second-order valence-corrected chi connectivity index (χ2v) is 6.93. The van der Waals surface area contributed by atoms with Crippen LogP contribution in [0.1, 0.15) is 47.5 Å². The minimum absolute atomic E-state index is 0.181. The van der Waals surface area contributed by atoms with Gasteiger partial charge in [0.1, 0.15) is 0 Å². The van der Waals surface area contributed by atoms with Gasteiger partial charge in [0.2, 0.25) is 0 Å². The van der Waals surface area contributed by atoms with Gasteiger partial charge in [-0.25, -0.2) is 0 Å². The number of rotatable bonds is 5. The van der Waals surface area contributed by atoms with Crippen LogP contribution in [0.15, 0.2) is 0 Å². The Hall–Kier alpha value is -0.120. The molecule has 0 saturated heterocycles. The van der Waals surface area contributed by atoms with Crippen LogP contribution >= 0.6 is 0 Å². The highest BCUT2D eigenvalue weighted by atomic mass is 16.3. The molecule has 1 aliphatic rings. The number of aliphatic hydroxyl groups excluding tert-OH is 1. The molecule has 0 spiro atoms. The maximum atomic E-state index is 10.3. The van der Waals surface area contributed by atoms with E-state index in [1.165, 1.54) is 6.42 Å². The zero-order chi connectivity index (χ0) is 13.9. The van der Waals surface area contributed by atoms with Crippen LogP contribution in [0.25, 0.3) is 0 Å². The third-order valence-corrected chi connectivity index (χ3v) is 4.17. The van der Waals surface area contributed by atoms with Gasteiger partial charge < -0.3 is 15.1 Å². The molecule has 0 aromatic carbocycles. The van der Waals surface area contributed by atoms with Crippen LogP contribution in [-0.4, -0.2) is 46.5 Å². The van der Waals surface area contributed by atoms with E-state index in [1.54, 1.807) is 0 Å². The Balaban J connectivity index is 2.58. The first-order chi connectivity index (χ1) is 8.23. The average molecular weight is 257 g/mol. The molecule has 1 saturated carbocycles. The summed E-state index contributed by atoms with van der Waals surface area (Å²) in [6.07, 6.45) is 1.95. The van der Waals surface area contributed by atoms with E-state index in [9.17, 15) is 10.2 Å². The molecular formula is C15H31NO2. The van der Waals surface area contributed by atoms with Crippen LogP contribution in [0.4, 0.5) is 0 Å². The normalized spacial score (nSPS) is 34.0. The second-order valence-electron chi connectivity index (χ2n) is 6.93. The molecule has 1 aliphatic carbocycles. The van der Waals surface area contributed by atoms with Gasteiger partial charge in [-0.15, -0.1) is 0 Å². The lowest BCUT2D eigenvalue weighted by Gasteiger charge is -2.40. The van der Waals surface area contributed by atoms with Crippen LogP contribution in [-0.2, 0) is 0 Å². The molecule has 1 fully saturated rings. The van der Waals surface area contributed by atoms with E-state index >= 15 is 0 Å². The smallest absolute Gasteiger partial charge is 0.0718 e. The summed E-state index contributed by atoms with van der Waals surface area (Å²) in [4.78, 5) is 2.26. The summed E-state index contributed by atoms with van der Waals surface area (Å²) >= 11 is 0. The van der Waals surface area contributed by atoms with Gasteiger partial charge >= 0.3 is 0 Å². The quantitative estimate of drug-likeness (QED) is 0.793. The maximum Gasteiger partial charge on any atom is 0.0718 e. The Morgan fingerprint density at radius 1 is 1.22 bits per heavy atom. The highest BCUT2D eigenvalue weighted by Crippen LogP contribution is 2.34. The summed E-state index contributed by atoms with van der Waals surface area (Å²) in [5, 5.41) is 20.2. The summed E-state index contributed by atoms with van der Waals surface area (Å²) in [6, 6.07) is 0. The van der Waals surface area contributed by atoms with E-state index in [-0.39, 0.29) is 6.10 Å². The van der Waals surface area contributed by atoms with Crippen molar-refractivity contribution in [2.24, 2.45) is 17.8 Å². The molecule has 0 bridgehead atoms. The topological polar surface area (TPSA) is 43.7 Å². The first-order valence-corrected chi connectivity index (χ1v) is 7.35. The summed E-state index contributed by atoms with van der Waals surface area (Å²) < 4.78 is 0. The molecule has 0 aromatic heterocycles.